The van der Waals surface area contributed by atoms with Gasteiger partial charge < -0.3 is 14.4 Å². The van der Waals surface area contributed by atoms with Crippen LogP contribution in [-0.4, -0.2) is 33.6 Å². The highest BCUT2D eigenvalue weighted by molar-refractivity contribution is 7.12. The maximum absolute atomic E-state index is 12.9. The van der Waals surface area contributed by atoms with Gasteiger partial charge in [-0.1, -0.05) is 5.16 Å². The number of carboxylic acids is 1. The van der Waals surface area contributed by atoms with Crippen LogP contribution in [0.2, 0.25) is 0 Å². The van der Waals surface area contributed by atoms with Crippen molar-refractivity contribution in [2.24, 2.45) is 0 Å². The molecule has 2 aromatic heterocycles. The molecule has 0 aromatic carbocycles. The van der Waals surface area contributed by atoms with Crippen LogP contribution in [0.1, 0.15) is 40.4 Å². The van der Waals surface area contributed by atoms with E-state index < -0.39 is 18.0 Å². The maximum atomic E-state index is 12.9. The molecule has 1 N–H and O–H groups in total. The Morgan fingerprint density at radius 1 is 1.17 bits per heavy atom. The zero-order chi connectivity index (χ0) is 20.8. The highest BCUT2D eigenvalue weighted by Gasteiger charge is 2.38. The van der Waals surface area contributed by atoms with E-state index in [2.05, 4.69) is 10.1 Å². The van der Waals surface area contributed by atoms with Gasteiger partial charge in [-0.15, -0.1) is 11.3 Å². The summed E-state index contributed by atoms with van der Waals surface area (Å²) in [4.78, 5) is 28.9. The Labute approximate surface area is 166 Å². The normalized spacial score (nSPS) is 16.9. The van der Waals surface area contributed by atoms with E-state index in [4.69, 9.17) is 9.26 Å². The van der Waals surface area contributed by atoms with E-state index in [9.17, 15) is 27.9 Å². The number of ketones is 1. The van der Waals surface area contributed by atoms with Crippen LogP contribution in [0.4, 0.5) is 13.2 Å². The van der Waals surface area contributed by atoms with Gasteiger partial charge in [-0.05, 0) is 31.2 Å². The molecular formula is C18H15F3N2O5S. The summed E-state index contributed by atoms with van der Waals surface area (Å²) >= 11 is 1.25. The molecule has 0 unspecified atom stereocenters. The quantitative estimate of drug-likeness (QED) is 0.777. The van der Waals surface area contributed by atoms with Gasteiger partial charge in [0.1, 0.15) is 0 Å². The minimum Gasteiger partial charge on any atom is -0.478 e. The van der Waals surface area contributed by atoms with Crippen molar-refractivity contribution in [3.63, 3.8) is 0 Å². The zero-order valence-electron chi connectivity index (χ0n) is 15.0. The third-order valence-corrected chi connectivity index (χ3v) is 6.13. The topological polar surface area (TPSA) is 103 Å². The molecule has 3 heterocycles. The number of Topliss-reactive ketones (excluding diaryl/α,β-unsaturated/α-hetero) is 1. The molecule has 0 bridgehead atoms. The number of fused-ring (bicyclic) bond motifs is 1. The summed E-state index contributed by atoms with van der Waals surface area (Å²) in [5.41, 5.74) is 1.45. The molecular weight excluding hydrogens is 413 g/mol. The largest absolute Gasteiger partial charge is 0.478 e. The minimum atomic E-state index is -4.75. The number of halogens is 3. The molecule has 2 aliphatic rings. The second-order valence-corrected chi connectivity index (χ2v) is 7.93. The standard InChI is InChI=1S/C18H15F3N2O5S/c19-18(20,21)17-22-15(28-23-17)14-10-4-5-27-7-13(10)29-12(14)6-11(24)8-2-1-3-9(8)16(25)26/h1-7H2,(H,25,26). The zero-order valence-corrected chi connectivity index (χ0v) is 15.8. The summed E-state index contributed by atoms with van der Waals surface area (Å²) in [6, 6.07) is 0. The third-order valence-electron chi connectivity index (χ3n) is 4.92. The molecule has 0 atom stereocenters. The first-order chi connectivity index (χ1) is 13.8. The fourth-order valence-electron chi connectivity index (χ4n) is 3.64. The van der Waals surface area contributed by atoms with Crippen molar-refractivity contribution >= 4 is 23.1 Å². The van der Waals surface area contributed by atoms with Crippen molar-refractivity contribution in [3.05, 3.63) is 32.3 Å². The van der Waals surface area contributed by atoms with E-state index >= 15 is 0 Å². The van der Waals surface area contributed by atoms with Crippen molar-refractivity contribution in [2.45, 2.75) is 44.9 Å². The molecule has 0 saturated heterocycles. The van der Waals surface area contributed by atoms with Crippen LogP contribution in [0.5, 0.6) is 0 Å². The predicted molar refractivity (Wildman–Crippen MR) is 93.2 cm³/mol. The molecule has 0 fully saturated rings. The lowest BCUT2D eigenvalue weighted by atomic mass is 9.99. The summed E-state index contributed by atoms with van der Waals surface area (Å²) in [7, 11) is 0. The molecule has 2 aromatic rings. The van der Waals surface area contributed by atoms with Gasteiger partial charge in [0.05, 0.1) is 18.8 Å². The van der Waals surface area contributed by atoms with E-state index in [0.29, 0.717) is 42.7 Å². The lowest BCUT2D eigenvalue weighted by molar-refractivity contribution is -0.146. The molecule has 0 radical (unpaired) electrons. The first-order valence-corrected chi connectivity index (χ1v) is 9.68. The first-order valence-electron chi connectivity index (χ1n) is 8.86. The Hall–Kier alpha value is -2.53. The van der Waals surface area contributed by atoms with Gasteiger partial charge in [-0.3, -0.25) is 4.79 Å². The lowest BCUT2D eigenvalue weighted by Crippen LogP contribution is -2.11. The van der Waals surface area contributed by atoms with Gasteiger partial charge >= 0.3 is 12.1 Å². The lowest BCUT2D eigenvalue weighted by Gasteiger charge is -2.12. The van der Waals surface area contributed by atoms with Crippen LogP contribution in [0.3, 0.4) is 0 Å². The number of nitrogens with zero attached hydrogens (tertiary/aromatic N) is 2. The highest BCUT2D eigenvalue weighted by atomic mass is 32.1. The van der Waals surface area contributed by atoms with Gasteiger partial charge in [0.25, 0.3) is 11.7 Å². The summed E-state index contributed by atoms with van der Waals surface area (Å²) in [6.07, 6.45) is -3.14. The Balaban J connectivity index is 1.73. The average Bonchev–Trinajstić information content (AvgIpc) is 3.38. The molecule has 7 nitrogen and oxygen atoms in total. The number of ether oxygens (including phenoxy) is 1. The Morgan fingerprint density at radius 2 is 1.93 bits per heavy atom. The molecule has 4 rings (SSSR count). The summed E-state index contributed by atoms with van der Waals surface area (Å²) < 4.78 is 49.0. The van der Waals surface area contributed by atoms with Crippen molar-refractivity contribution in [1.29, 1.82) is 0 Å². The molecule has 154 valence electrons. The second-order valence-electron chi connectivity index (χ2n) is 6.74. The number of alkyl halides is 3. The minimum absolute atomic E-state index is 0.110. The number of hydrogen-bond acceptors (Lipinski definition) is 7. The Kier molecular flexibility index (Phi) is 5.03. The molecule has 0 spiro atoms. The van der Waals surface area contributed by atoms with Crippen LogP contribution in [0, 0.1) is 0 Å². The van der Waals surface area contributed by atoms with Crippen LogP contribution in [0.15, 0.2) is 15.7 Å². The molecule has 11 heteroatoms. The van der Waals surface area contributed by atoms with Crippen molar-refractivity contribution in [1.82, 2.24) is 10.1 Å². The van der Waals surface area contributed by atoms with E-state index in [-0.39, 0.29) is 35.8 Å². The van der Waals surface area contributed by atoms with E-state index in [1.165, 1.54) is 11.3 Å². The molecule has 29 heavy (non-hydrogen) atoms. The number of allylic oxidation sites excluding steroid dienone is 1. The third kappa shape index (κ3) is 3.71. The molecule has 0 saturated carbocycles. The van der Waals surface area contributed by atoms with Crippen LogP contribution >= 0.6 is 11.3 Å². The van der Waals surface area contributed by atoms with Crippen LogP contribution < -0.4 is 0 Å². The average molecular weight is 428 g/mol. The number of rotatable bonds is 5. The smallest absolute Gasteiger partial charge is 0.455 e. The second kappa shape index (κ2) is 7.38. The van der Waals surface area contributed by atoms with Crippen molar-refractivity contribution in [2.75, 3.05) is 6.61 Å². The van der Waals surface area contributed by atoms with Gasteiger partial charge in [-0.2, -0.15) is 18.2 Å². The molecule has 1 aliphatic carbocycles. The number of aromatic nitrogens is 2. The molecule has 0 amide bonds. The fraction of sp³-hybridized carbons (Fsp3) is 0.444. The first kappa shape index (κ1) is 19.8. The Morgan fingerprint density at radius 3 is 2.62 bits per heavy atom. The monoisotopic (exact) mass is 428 g/mol. The maximum Gasteiger partial charge on any atom is 0.455 e. The summed E-state index contributed by atoms with van der Waals surface area (Å²) in [6.45, 7) is 0.670. The van der Waals surface area contributed by atoms with E-state index in [1.54, 1.807) is 0 Å². The fourth-order valence-corrected chi connectivity index (χ4v) is 4.92. The van der Waals surface area contributed by atoms with Gasteiger partial charge in [0.15, 0.2) is 5.78 Å². The highest BCUT2D eigenvalue weighted by Crippen LogP contribution is 2.41. The summed E-state index contributed by atoms with van der Waals surface area (Å²) in [5, 5.41) is 12.3. The van der Waals surface area contributed by atoms with Gasteiger partial charge in [0, 0.05) is 27.3 Å². The predicted octanol–water partition coefficient (Wildman–Crippen LogP) is 3.57. The Bertz CT molecular complexity index is 1020. The van der Waals surface area contributed by atoms with Gasteiger partial charge in [0.2, 0.25) is 0 Å². The number of aliphatic carboxylic acids is 1. The number of carbonyl (C=O) groups is 2. The van der Waals surface area contributed by atoms with Crippen LogP contribution in [-0.2, 0) is 40.0 Å². The number of thiophene rings is 1. The van der Waals surface area contributed by atoms with E-state index in [0.717, 1.165) is 10.4 Å². The number of carboxylic acid groups (broad SMARTS) is 1. The van der Waals surface area contributed by atoms with Crippen molar-refractivity contribution in [3.8, 4) is 11.5 Å². The van der Waals surface area contributed by atoms with Crippen LogP contribution in [0.25, 0.3) is 11.5 Å². The number of carbonyl (C=O) groups excluding carboxylic acids is 1. The SMILES string of the molecule is O=C(O)C1=C(C(=O)Cc2sc3c(c2-c2nc(C(F)(F)F)no2)CCOC3)CCC1. The van der Waals surface area contributed by atoms with E-state index in [1.807, 2.05) is 0 Å². The summed E-state index contributed by atoms with van der Waals surface area (Å²) in [5.74, 6) is -3.14. The molecule has 1 aliphatic heterocycles. The number of hydrogen-bond donors (Lipinski definition) is 1. The van der Waals surface area contributed by atoms with Gasteiger partial charge in [-0.25, -0.2) is 4.79 Å². The van der Waals surface area contributed by atoms with Crippen molar-refractivity contribution < 1.29 is 37.1 Å².